The summed E-state index contributed by atoms with van der Waals surface area (Å²) in [5.41, 5.74) is 5.82. The Morgan fingerprint density at radius 2 is 1.74 bits per heavy atom. The second-order valence-corrected chi connectivity index (χ2v) is 5.89. The zero-order valence-electron chi connectivity index (χ0n) is 9.60. The van der Waals surface area contributed by atoms with E-state index in [-0.39, 0.29) is 5.69 Å². The number of benzene rings is 2. The van der Waals surface area contributed by atoms with E-state index in [1.165, 1.54) is 30.3 Å². The second kappa shape index (κ2) is 5.07. The average Bonchev–Trinajstić information content (AvgIpc) is 2.31. The molecule has 2 aromatic rings. The van der Waals surface area contributed by atoms with Crippen LogP contribution in [0.3, 0.4) is 0 Å². The van der Waals surface area contributed by atoms with Gasteiger partial charge in [0.05, 0.1) is 0 Å². The van der Waals surface area contributed by atoms with Gasteiger partial charge in [0.2, 0.25) is 0 Å². The molecule has 19 heavy (non-hydrogen) atoms. The smallest absolute Gasteiger partial charge is 0.264 e. The highest BCUT2D eigenvalue weighted by Crippen LogP contribution is 2.21. The van der Waals surface area contributed by atoms with Gasteiger partial charge in [0, 0.05) is 16.4 Å². The third kappa shape index (κ3) is 3.15. The molecular formula is C12H10ClFN2O2S. The molecule has 0 saturated heterocycles. The van der Waals surface area contributed by atoms with Gasteiger partial charge >= 0.3 is 0 Å². The Labute approximate surface area is 115 Å². The van der Waals surface area contributed by atoms with E-state index in [2.05, 4.69) is 4.72 Å². The van der Waals surface area contributed by atoms with Crippen LogP contribution in [0, 0.1) is 5.82 Å². The largest absolute Gasteiger partial charge is 0.399 e. The summed E-state index contributed by atoms with van der Waals surface area (Å²) >= 11 is 5.69. The van der Waals surface area contributed by atoms with Crippen LogP contribution >= 0.6 is 11.6 Å². The maximum Gasteiger partial charge on any atom is 0.264 e. The van der Waals surface area contributed by atoms with Gasteiger partial charge in [-0.2, -0.15) is 0 Å². The molecule has 7 heteroatoms. The predicted molar refractivity (Wildman–Crippen MR) is 73.1 cm³/mol. The molecular weight excluding hydrogens is 291 g/mol. The third-order valence-corrected chi connectivity index (χ3v) is 4.01. The fourth-order valence-electron chi connectivity index (χ4n) is 1.46. The van der Waals surface area contributed by atoms with Crippen LogP contribution in [0.15, 0.2) is 47.4 Å². The van der Waals surface area contributed by atoms with E-state index in [9.17, 15) is 12.8 Å². The van der Waals surface area contributed by atoms with Crippen molar-refractivity contribution < 1.29 is 12.8 Å². The van der Waals surface area contributed by atoms with Gasteiger partial charge in [0.25, 0.3) is 10.0 Å². The van der Waals surface area contributed by atoms with Crippen molar-refractivity contribution >= 4 is 33.0 Å². The normalized spacial score (nSPS) is 11.3. The highest BCUT2D eigenvalue weighted by Gasteiger charge is 2.19. The zero-order chi connectivity index (χ0) is 14.0. The van der Waals surface area contributed by atoms with Gasteiger partial charge in [-0.15, -0.1) is 0 Å². The fourth-order valence-corrected chi connectivity index (χ4v) is 2.71. The minimum Gasteiger partial charge on any atom is -0.399 e. The molecule has 0 saturated carbocycles. The molecule has 0 aliphatic heterocycles. The van der Waals surface area contributed by atoms with Crippen molar-refractivity contribution in [1.29, 1.82) is 0 Å². The molecule has 0 unspecified atom stereocenters. The molecule has 0 bridgehead atoms. The average molecular weight is 301 g/mol. The Kier molecular flexibility index (Phi) is 3.64. The number of rotatable bonds is 3. The molecule has 2 aromatic carbocycles. The Bertz CT molecular complexity index is 702. The van der Waals surface area contributed by atoms with Crippen LogP contribution in [-0.2, 0) is 10.0 Å². The van der Waals surface area contributed by atoms with Crippen LogP contribution in [0.25, 0.3) is 0 Å². The summed E-state index contributed by atoms with van der Waals surface area (Å²) in [6, 6.07) is 9.40. The number of hydrogen-bond donors (Lipinski definition) is 2. The molecule has 0 aliphatic rings. The Morgan fingerprint density at radius 3 is 2.32 bits per heavy atom. The third-order valence-electron chi connectivity index (χ3n) is 2.34. The van der Waals surface area contributed by atoms with E-state index >= 15 is 0 Å². The van der Waals surface area contributed by atoms with Crippen LogP contribution in [0.1, 0.15) is 0 Å². The summed E-state index contributed by atoms with van der Waals surface area (Å²) in [7, 11) is -4.00. The van der Waals surface area contributed by atoms with E-state index in [0.717, 1.165) is 12.1 Å². The number of nitrogens with one attached hydrogen (secondary N) is 1. The SMILES string of the molecule is Nc1ccc(S(=O)(=O)Nc2ccc(Cl)cc2)c(F)c1. The second-order valence-electron chi connectivity index (χ2n) is 3.80. The van der Waals surface area contributed by atoms with Gasteiger partial charge in [-0.05, 0) is 42.5 Å². The van der Waals surface area contributed by atoms with E-state index in [4.69, 9.17) is 17.3 Å². The van der Waals surface area contributed by atoms with Crippen LogP contribution in [0.4, 0.5) is 15.8 Å². The Hall–Kier alpha value is -1.79. The quantitative estimate of drug-likeness (QED) is 0.856. The summed E-state index contributed by atoms with van der Waals surface area (Å²) in [5, 5.41) is 0.474. The van der Waals surface area contributed by atoms with Crippen molar-refractivity contribution in [2.24, 2.45) is 0 Å². The Morgan fingerprint density at radius 1 is 1.11 bits per heavy atom. The maximum absolute atomic E-state index is 13.6. The van der Waals surface area contributed by atoms with Crippen molar-refractivity contribution in [2.45, 2.75) is 4.90 Å². The monoisotopic (exact) mass is 300 g/mol. The van der Waals surface area contributed by atoms with Gasteiger partial charge in [-0.3, -0.25) is 4.72 Å². The number of nitrogens with two attached hydrogens (primary N) is 1. The van der Waals surface area contributed by atoms with Gasteiger partial charge in [0.15, 0.2) is 0 Å². The summed E-state index contributed by atoms with van der Waals surface area (Å²) in [5.74, 6) is -0.901. The van der Waals surface area contributed by atoms with E-state index < -0.39 is 20.7 Å². The molecule has 100 valence electrons. The number of sulfonamides is 1. The maximum atomic E-state index is 13.6. The minimum absolute atomic E-state index is 0.156. The fraction of sp³-hybridized carbons (Fsp3) is 0. The van der Waals surface area contributed by atoms with E-state index in [1.54, 1.807) is 0 Å². The van der Waals surface area contributed by atoms with E-state index in [1.807, 2.05) is 0 Å². The topological polar surface area (TPSA) is 72.2 Å². The van der Waals surface area contributed by atoms with Gasteiger partial charge < -0.3 is 5.73 Å². The molecule has 0 spiro atoms. The van der Waals surface area contributed by atoms with Crippen LogP contribution < -0.4 is 10.5 Å². The molecule has 0 atom stereocenters. The van der Waals surface area contributed by atoms with Crippen LogP contribution in [0.2, 0.25) is 5.02 Å². The first-order valence-corrected chi connectivity index (χ1v) is 7.08. The zero-order valence-corrected chi connectivity index (χ0v) is 11.2. The molecule has 0 fully saturated rings. The first-order chi connectivity index (χ1) is 8.88. The number of hydrogen-bond acceptors (Lipinski definition) is 3. The number of nitrogen functional groups attached to an aromatic ring is 1. The molecule has 0 heterocycles. The van der Waals surface area contributed by atoms with Gasteiger partial charge in [-0.25, -0.2) is 12.8 Å². The predicted octanol–water partition coefficient (Wildman–Crippen LogP) is 2.86. The first kappa shape index (κ1) is 13.6. The summed E-state index contributed by atoms with van der Waals surface area (Å²) < 4.78 is 39.8. The lowest BCUT2D eigenvalue weighted by Crippen LogP contribution is -2.14. The lowest BCUT2D eigenvalue weighted by Gasteiger charge is -2.09. The van der Waals surface area contributed by atoms with Crippen molar-refractivity contribution in [3.8, 4) is 0 Å². The highest BCUT2D eigenvalue weighted by atomic mass is 35.5. The molecule has 0 radical (unpaired) electrons. The van der Waals surface area contributed by atoms with Crippen molar-refractivity contribution in [2.75, 3.05) is 10.5 Å². The Balaban J connectivity index is 2.35. The van der Waals surface area contributed by atoms with Crippen molar-refractivity contribution in [3.63, 3.8) is 0 Å². The molecule has 3 N–H and O–H groups in total. The molecule has 2 rings (SSSR count). The van der Waals surface area contributed by atoms with E-state index in [0.29, 0.717) is 10.7 Å². The van der Waals surface area contributed by atoms with Crippen molar-refractivity contribution in [1.82, 2.24) is 0 Å². The number of anilines is 2. The standard InChI is InChI=1S/C12H10ClFN2O2S/c13-8-1-4-10(5-2-8)16-19(17,18)12-6-3-9(15)7-11(12)14/h1-7,16H,15H2. The van der Waals surface area contributed by atoms with Crippen molar-refractivity contribution in [3.05, 3.63) is 53.3 Å². The van der Waals surface area contributed by atoms with Gasteiger partial charge in [0.1, 0.15) is 10.7 Å². The lowest BCUT2D eigenvalue weighted by atomic mass is 10.3. The van der Waals surface area contributed by atoms with Gasteiger partial charge in [-0.1, -0.05) is 11.6 Å². The molecule has 4 nitrogen and oxygen atoms in total. The molecule has 0 aromatic heterocycles. The summed E-state index contributed by atoms with van der Waals surface area (Å²) in [6.07, 6.45) is 0. The minimum atomic E-state index is -4.00. The number of halogens is 2. The van der Waals surface area contributed by atoms with Crippen LogP contribution in [-0.4, -0.2) is 8.42 Å². The lowest BCUT2D eigenvalue weighted by molar-refractivity contribution is 0.571. The first-order valence-electron chi connectivity index (χ1n) is 5.22. The molecule has 0 amide bonds. The highest BCUT2D eigenvalue weighted by molar-refractivity contribution is 7.92. The summed E-state index contributed by atoms with van der Waals surface area (Å²) in [6.45, 7) is 0. The summed E-state index contributed by atoms with van der Waals surface area (Å²) in [4.78, 5) is -0.461. The molecule has 0 aliphatic carbocycles. The van der Waals surface area contributed by atoms with Crippen LogP contribution in [0.5, 0.6) is 0 Å².